The molecule has 26 heavy (non-hydrogen) atoms. The van der Waals surface area contributed by atoms with E-state index in [4.69, 9.17) is 0 Å². The lowest BCUT2D eigenvalue weighted by molar-refractivity contribution is -0.142. The fourth-order valence-corrected chi connectivity index (χ4v) is 4.12. The van der Waals surface area contributed by atoms with Crippen molar-refractivity contribution in [2.24, 2.45) is 0 Å². The third-order valence-corrected chi connectivity index (χ3v) is 5.80. The third kappa shape index (κ3) is 4.43. The van der Waals surface area contributed by atoms with Gasteiger partial charge in [0.15, 0.2) is 0 Å². The molecular formula is C20H31N3O3. The molecule has 0 aromatic heterocycles. The van der Waals surface area contributed by atoms with Crippen LogP contribution in [-0.4, -0.2) is 82.8 Å². The average molecular weight is 361 g/mol. The Balaban J connectivity index is 1.75. The van der Waals surface area contributed by atoms with Gasteiger partial charge in [-0.25, -0.2) is 0 Å². The molecule has 2 aliphatic heterocycles. The van der Waals surface area contributed by atoms with Crippen LogP contribution in [0.4, 0.5) is 0 Å². The van der Waals surface area contributed by atoms with E-state index in [0.29, 0.717) is 19.5 Å². The molecule has 3 rings (SSSR count). The second-order valence-corrected chi connectivity index (χ2v) is 7.96. The molecule has 1 aromatic rings. The zero-order valence-corrected chi connectivity index (χ0v) is 16.1. The van der Waals surface area contributed by atoms with Gasteiger partial charge in [-0.15, -0.1) is 0 Å². The van der Waals surface area contributed by atoms with E-state index in [-0.39, 0.29) is 0 Å². The minimum atomic E-state index is -0.843. The van der Waals surface area contributed by atoms with Crippen LogP contribution in [0.2, 0.25) is 0 Å². The van der Waals surface area contributed by atoms with Crippen LogP contribution in [-0.2, 0) is 17.9 Å². The molecule has 0 amide bonds. The van der Waals surface area contributed by atoms with Crippen LogP contribution in [0.3, 0.4) is 0 Å². The Labute approximate surface area is 156 Å². The highest BCUT2D eigenvalue weighted by molar-refractivity contribution is 5.74. The largest absolute Gasteiger partial charge is 0.480 e. The van der Waals surface area contributed by atoms with Gasteiger partial charge in [0, 0.05) is 52.2 Å². The number of nitrogens with zero attached hydrogens (tertiary/aromatic N) is 3. The van der Waals surface area contributed by atoms with Gasteiger partial charge >= 0.3 is 5.97 Å². The number of hydrogen-bond acceptors (Lipinski definition) is 5. The Morgan fingerprint density at radius 3 is 2.35 bits per heavy atom. The van der Waals surface area contributed by atoms with Crippen LogP contribution in [0.1, 0.15) is 28.7 Å². The van der Waals surface area contributed by atoms with Crippen LogP contribution in [0.25, 0.3) is 0 Å². The zero-order chi connectivity index (χ0) is 18.8. The van der Waals surface area contributed by atoms with Gasteiger partial charge in [0.25, 0.3) is 0 Å². The molecule has 2 saturated heterocycles. The molecule has 1 aromatic carbocycles. The number of carboxylic acids is 1. The molecule has 0 aliphatic carbocycles. The van der Waals surface area contributed by atoms with Crippen molar-refractivity contribution in [2.75, 3.05) is 39.8 Å². The number of rotatable bonds is 5. The maximum Gasteiger partial charge on any atom is 0.321 e. The second kappa shape index (κ2) is 8.05. The normalized spacial score (nSPS) is 25.7. The van der Waals surface area contributed by atoms with E-state index in [1.165, 1.54) is 22.3 Å². The molecule has 2 fully saturated rings. The molecule has 0 spiro atoms. The molecule has 2 atom stereocenters. The number of benzene rings is 1. The van der Waals surface area contributed by atoms with E-state index < -0.39 is 18.1 Å². The Hall–Kier alpha value is -1.47. The first-order valence-corrected chi connectivity index (χ1v) is 9.48. The van der Waals surface area contributed by atoms with Gasteiger partial charge in [0.05, 0.1) is 6.10 Å². The van der Waals surface area contributed by atoms with Gasteiger partial charge in [0.1, 0.15) is 6.04 Å². The number of carboxylic acid groups (broad SMARTS) is 1. The molecule has 2 heterocycles. The van der Waals surface area contributed by atoms with Crippen LogP contribution in [0.5, 0.6) is 0 Å². The predicted octanol–water partition coefficient (Wildman–Crippen LogP) is 1.07. The fourth-order valence-electron chi connectivity index (χ4n) is 4.12. The quantitative estimate of drug-likeness (QED) is 0.818. The number of likely N-dealkylation sites (tertiary alicyclic amines) is 1. The summed E-state index contributed by atoms with van der Waals surface area (Å²) in [5, 5.41) is 19.3. The zero-order valence-electron chi connectivity index (χ0n) is 16.1. The highest BCUT2D eigenvalue weighted by atomic mass is 16.4. The van der Waals surface area contributed by atoms with Gasteiger partial charge in [0.2, 0.25) is 0 Å². The first kappa shape index (κ1) is 19.3. The van der Waals surface area contributed by atoms with Crippen molar-refractivity contribution in [1.29, 1.82) is 0 Å². The summed E-state index contributed by atoms with van der Waals surface area (Å²) in [5.74, 6) is -0.843. The number of aliphatic carboxylic acids is 1. The number of piperazine rings is 1. The van der Waals surface area contributed by atoms with E-state index in [1.807, 2.05) is 4.90 Å². The molecule has 144 valence electrons. The monoisotopic (exact) mass is 361 g/mol. The van der Waals surface area contributed by atoms with Crippen molar-refractivity contribution in [3.8, 4) is 0 Å². The van der Waals surface area contributed by atoms with E-state index in [2.05, 4.69) is 42.8 Å². The lowest BCUT2D eigenvalue weighted by Crippen LogP contribution is -2.44. The van der Waals surface area contributed by atoms with Crippen LogP contribution in [0.15, 0.2) is 12.1 Å². The first-order chi connectivity index (χ1) is 12.3. The highest BCUT2D eigenvalue weighted by Gasteiger charge is 2.36. The SMILES string of the molecule is Cc1cc(CN2CCN(C)CC2)c(C)c(CN2C[C@H](O)C[C@H]2C(=O)O)c1. The third-order valence-electron chi connectivity index (χ3n) is 5.80. The Morgan fingerprint density at radius 1 is 1.12 bits per heavy atom. The lowest BCUT2D eigenvalue weighted by Gasteiger charge is -2.33. The van der Waals surface area contributed by atoms with E-state index in [0.717, 1.165) is 32.7 Å². The standard InChI is InChI=1S/C20H31N3O3/c1-14-8-16(11-22-6-4-21(3)5-7-22)15(2)17(9-14)12-23-13-18(24)10-19(23)20(25)26/h8-9,18-19,24H,4-7,10-13H2,1-3H3,(H,25,26)/t18-,19+/m1/s1. The molecule has 0 unspecified atom stereocenters. The maximum absolute atomic E-state index is 11.5. The molecule has 0 saturated carbocycles. The van der Waals surface area contributed by atoms with Crippen molar-refractivity contribution in [3.05, 3.63) is 34.4 Å². The van der Waals surface area contributed by atoms with Crippen molar-refractivity contribution in [3.63, 3.8) is 0 Å². The fraction of sp³-hybridized carbons (Fsp3) is 0.650. The van der Waals surface area contributed by atoms with Gasteiger partial charge in [-0.2, -0.15) is 0 Å². The van der Waals surface area contributed by atoms with Crippen molar-refractivity contribution >= 4 is 5.97 Å². The molecule has 6 nitrogen and oxygen atoms in total. The van der Waals surface area contributed by atoms with E-state index >= 15 is 0 Å². The summed E-state index contributed by atoms with van der Waals surface area (Å²) < 4.78 is 0. The Kier molecular flexibility index (Phi) is 5.97. The Bertz CT molecular complexity index is 656. The minimum absolute atomic E-state index is 0.314. The molecule has 0 radical (unpaired) electrons. The number of aliphatic hydroxyl groups excluding tert-OH is 1. The maximum atomic E-state index is 11.5. The molecule has 6 heteroatoms. The molecule has 0 bridgehead atoms. The van der Waals surface area contributed by atoms with Crippen LogP contribution < -0.4 is 0 Å². The van der Waals surface area contributed by atoms with Crippen LogP contribution in [0, 0.1) is 13.8 Å². The van der Waals surface area contributed by atoms with Gasteiger partial charge in [-0.3, -0.25) is 14.6 Å². The van der Waals surface area contributed by atoms with Gasteiger partial charge in [-0.05, 0) is 37.6 Å². The molecular weight excluding hydrogens is 330 g/mol. The smallest absolute Gasteiger partial charge is 0.321 e. The van der Waals surface area contributed by atoms with Crippen molar-refractivity contribution < 1.29 is 15.0 Å². The van der Waals surface area contributed by atoms with E-state index in [1.54, 1.807) is 0 Å². The summed E-state index contributed by atoms with van der Waals surface area (Å²) in [6.45, 7) is 10.6. The topological polar surface area (TPSA) is 67.2 Å². The molecule has 2 aliphatic rings. The number of carbonyl (C=O) groups is 1. The number of likely N-dealkylation sites (N-methyl/N-ethyl adjacent to an activating group) is 1. The number of hydrogen-bond donors (Lipinski definition) is 2. The summed E-state index contributed by atoms with van der Waals surface area (Å²) in [4.78, 5) is 18.2. The first-order valence-electron chi connectivity index (χ1n) is 9.48. The summed E-state index contributed by atoms with van der Waals surface area (Å²) in [7, 11) is 2.16. The van der Waals surface area contributed by atoms with Crippen molar-refractivity contribution in [1.82, 2.24) is 14.7 Å². The highest BCUT2D eigenvalue weighted by Crippen LogP contribution is 2.25. The average Bonchev–Trinajstić information content (AvgIpc) is 2.94. The van der Waals surface area contributed by atoms with E-state index in [9.17, 15) is 15.0 Å². The summed E-state index contributed by atoms with van der Waals surface area (Å²) in [6.07, 6.45) is -0.236. The molecule has 2 N–H and O–H groups in total. The summed E-state index contributed by atoms with van der Waals surface area (Å²) in [5.41, 5.74) is 4.96. The summed E-state index contributed by atoms with van der Waals surface area (Å²) >= 11 is 0. The minimum Gasteiger partial charge on any atom is -0.480 e. The van der Waals surface area contributed by atoms with Crippen LogP contribution >= 0.6 is 0 Å². The van der Waals surface area contributed by atoms with Gasteiger partial charge < -0.3 is 15.1 Å². The number of aryl methyl sites for hydroxylation is 1. The summed E-state index contributed by atoms with van der Waals surface area (Å²) in [6, 6.07) is 3.82. The second-order valence-electron chi connectivity index (χ2n) is 7.96. The lowest BCUT2D eigenvalue weighted by atomic mass is 9.97. The van der Waals surface area contributed by atoms with Gasteiger partial charge in [-0.1, -0.05) is 17.7 Å². The predicted molar refractivity (Wildman–Crippen MR) is 101 cm³/mol. The Morgan fingerprint density at radius 2 is 1.73 bits per heavy atom. The number of β-amino-alcohol motifs (C(OH)–C–C–N with tert-alkyl or cyclic N) is 1. The van der Waals surface area contributed by atoms with Crippen molar-refractivity contribution in [2.45, 2.75) is 45.5 Å². The number of aliphatic hydroxyl groups is 1.